The summed E-state index contributed by atoms with van der Waals surface area (Å²) < 4.78 is 31.1. The third-order valence-electron chi connectivity index (χ3n) is 2.88. The van der Waals surface area contributed by atoms with Gasteiger partial charge in [-0.25, -0.2) is 0 Å². The molecular formula is C12H13NO4S. The minimum Gasteiger partial charge on any atom is -0.507 e. The van der Waals surface area contributed by atoms with E-state index in [1.807, 2.05) is 6.92 Å². The van der Waals surface area contributed by atoms with Crippen LogP contribution in [0.15, 0.2) is 29.2 Å². The summed E-state index contributed by atoms with van der Waals surface area (Å²) in [6, 6.07) is 5.71. The number of hydrogen-bond donors (Lipinski definition) is 3. The first-order valence-corrected chi connectivity index (χ1v) is 6.80. The van der Waals surface area contributed by atoms with E-state index >= 15 is 0 Å². The molecule has 0 aliphatic heterocycles. The summed E-state index contributed by atoms with van der Waals surface area (Å²) in [5, 5.41) is 10.7. The molecule has 96 valence electrons. The molecule has 6 heteroatoms. The topological polar surface area (TPSA) is 101 Å². The van der Waals surface area contributed by atoms with E-state index in [2.05, 4.69) is 0 Å². The number of anilines is 1. The predicted molar refractivity (Wildman–Crippen MR) is 69.2 cm³/mol. The average Bonchev–Trinajstić information content (AvgIpc) is 2.27. The van der Waals surface area contributed by atoms with Gasteiger partial charge in [-0.05, 0) is 23.4 Å². The lowest BCUT2D eigenvalue weighted by Crippen LogP contribution is -1.99. The maximum atomic E-state index is 11.1. The van der Waals surface area contributed by atoms with Crippen LogP contribution in [0.3, 0.4) is 0 Å². The van der Waals surface area contributed by atoms with Crippen molar-refractivity contribution in [1.29, 1.82) is 0 Å². The summed E-state index contributed by atoms with van der Waals surface area (Å²) in [5.74, 6) is -0.257. The zero-order valence-corrected chi connectivity index (χ0v) is 10.5. The zero-order chi connectivity index (χ0) is 13.5. The van der Waals surface area contributed by atoms with Gasteiger partial charge < -0.3 is 10.8 Å². The number of nitrogen functional groups attached to an aromatic ring is 1. The van der Waals surface area contributed by atoms with Gasteiger partial charge in [0.05, 0.1) is 4.90 Å². The van der Waals surface area contributed by atoms with Crippen LogP contribution in [0.5, 0.6) is 5.75 Å². The van der Waals surface area contributed by atoms with Crippen molar-refractivity contribution in [2.24, 2.45) is 0 Å². The van der Waals surface area contributed by atoms with Gasteiger partial charge in [0.1, 0.15) is 5.75 Å². The van der Waals surface area contributed by atoms with Gasteiger partial charge in [-0.2, -0.15) is 8.42 Å². The molecule has 2 aromatic carbocycles. The highest BCUT2D eigenvalue weighted by Crippen LogP contribution is 2.34. The number of benzene rings is 2. The second kappa shape index (κ2) is 4.15. The van der Waals surface area contributed by atoms with Gasteiger partial charge in [-0.15, -0.1) is 0 Å². The molecule has 0 aliphatic rings. The Morgan fingerprint density at radius 2 is 1.94 bits per heavy atom. The highest BCUT2D eigenvalue weighted by atomic mass is 32.2. The molecule has 0 saturated heterocycles. The van der Waals surface area contributed by atoms with E-state index < -0.39 is 10.1 Å². The second-order valence-electron chi connectivity index (χ2n) is 4.01. The van der Waals surface area contributed by atoms with Crippen molar-refractivity contribution in [2.75, 3.05) is 5.73 Å². The van der Waals surface area contributed by atoms with E-state index in [0.29, 0.717) is 22.9 Å². The van der Waals surface area contributed by atoms with Gasteiger partial charge in [0.15, 0.2) is 0 Å². The first kappa shape index (κ1) is 12.7. The van der Waals surface area contributed by atoms with E-state index in [1.165, 1.54) is 6.07 Å². The summed E-state index contributed by atoms with van der Waals surface area (Å²) in [6.45, 7) is 1.93. The van der Waals surface area contributed by atoms with E-state index in [1.54, 1.807) is 12.1 Å². The smallest absolute Gasteiger partial charge is 0.294 e. The molecule has 0 bridgehead atoms. The number of phenolic OH excluding ortho intramolecular Hbond substituents is 1. The van der Waals surface area contributed by atoms with Crippen molar-refractivity contribution in [1.82, 2.24) is 0 Å². The van der Waals surface area contributed by atoms with Gasteiger partial charge >= 0.3 is 0 Å². The Labute approximate surface area is 105 Å². The molecule has 0 radical (unpaired) electrons. The average molecular weight is 267 g/mol. The van der Waals surface area contributed by atoms with Crippen LogP contribution < -0.4 is 5.73 Å². The van der Waals surface area contributed by atoms with Crippen LogP contribution in [0.25, 0.3) is 10.8 Å². The van der Waals surface area contributed by atoms with Crippen LogP contribution in [-0.2, 0) is 16.5 Å². The number of aryl methyl sites for hydroxylation is 1. The Kier molecular flexibility index (Phi) is 2.92. The van der Waals surface area contributed by atoms with Crippen molar-refractivity contribution in [3.8, 4) is 5.75 Å². The molecule has 0 aliphatic carbocycles. The van der Waals surface area contributed by atoms with Crippen molar-refractivity contribution >= 4 is 26.6 Å². The summed E-state index contributed by atoms with van der Waals surface area (Å²) in [4.78, 5) is -0.351. The van der Waals surface area contributed by atoms with Crippen LogP contribution in [0.2, 0.25) is 0 Å². The fourth-order valence-electron chi connectivity index (χ4n) is 1.94. The SMILES string of the molecule is CCc1ccc2cc(S(=O)(=O)O)cc(O)c2c1N. The lowest BCUT2D eigenvalue weighted by Gasteiger charge is -2.10. The van der Waals surface area contributed by atoms with Crippen LogP contribution in [0.4, 0.5) is 5.69 Å². The quantitative estimate of drug-likeness (QED) is 0.570. The van der Waals surface area contributed by atoms with Crippen molar-refractivity contribution in [3.05, 3.63) is 29.8 Å². The molecular weight excluding hydrogens is 254 g/mol. The Balaban J connectivity index is 2.86. The van der Waals surface area contributed by atoms with Gasteiger partial charge in [-0.3, -0.25) is 4.55 Å². The molecule has 18 heavy (non-hydrogen) atoms. The maximum Gasteiger partial charge on any atom is 0.294 e. The Hall–Kier alpha value is -1.79. The zero-order valence-electron chi connectivity index (χ0n) is 9.71. The largest absolute Gasteiger partial charge is 0.507 e. The fraction of sp³-hybridized carbons (Fsp3) is 0.167. The van der Waals surface area contributed by atoms with Crippen LogP contribution in [0, 0.1) is 0 Å². The van der Waals surface area contributed by atoms with Crippen molar-refractivity contribution in [2.45, 2.75) is 18.2 Å². The Morgan fingerprint density at radius 1 is 1.28 bits per heavy atom. The van der Waals surface area contributed by atoms with E-state index in [4.69, 9.17) is 10.3 Å². The molecule has 0 unspecified atom stereocenters. The molecule has 0 spiro atoms. The molecule has 0 fully saturated rings. The van der Waals surface area contributed by atoms with Crippen LogP contribution in [-0.4, -0.2) is 18.1 Å². The monoisotopic (exact) mass is 267 g/mol. The highest BCUT2D eigenvalue weighted by Gasteiger charge is 2.15. The number of rotatable bonds is 2. The summed E-state index contributed by atoms with van der Waals surface area (Å²) in [7, 11) is -4.35. The van der Waals surface area contributed by atoms with Crippen LogP contribution in [0.1, 0.15) is 12.5 Å². The second-order valence-corrected chi connectivity index (χ2v) is 5.43. The highest BCUT2D eigenvalue weighted by molar-refractivity contribution is 7.85. The third-order valence-corrected chi connectivity index (χ3v) is 3.71. The van der Waals surface area contributed by atoms with Crippen LogP contribution >= 0.6 is 0 Å². The third kappa shape index (κ3) is 2.00. The normalized spacial score (nSPS) is 11.9. The molecule has 0 atom stereocenters. The number of nitrogens with two attached hydrogens (primary N) is 1. The minimum atomic E-state index is -4.35. The number of hydrogen-bond acceptors (Lipinski definition) is 4. The number of fused-ring (bicyclic) bond motifs is 1. The molecule has 4 N–H and O–H groups in total. The number of phenols is 1. The van der Waals surface area contributed by atoms with Gasteiger partial charge in [0, 0.05) is 17.1 Å². The van der Waals surface area contributed by atoms with Crippen molar-refractivity contribution < 1.29 is 18.1 Å². The Bertz CT molecular complexity index is 722. The first-order valence-electron chi connectivity index (χ1n) is 5.36. The van der Waals surface area contributed by atoms with E-state index in [0.717, 1.165) is 11.6 Å². The van der Waals surface area contributed by atoms with Gasteiger partial charge in [0.25, 0.3) is 10.1 Å². The van der Waals surface area contributed by atoms with Crippen molar-refractivity contribution in [3.63, 3.8) is 0 Å². The molecule has 2 aromatic rings. The molecule has 0 heterocycles. The standard InChI is InChI=1S/C12H13NO4S/c1-2-7-3-4-8-5-9(18(15,16)17)6-10(14)11(8)12(7)13/h3-6,14H,2,13H2,1H3,(H,15,16,17). The van der Waals surface area contributed by atoms with Gasteiger partial charge in [-0.1, -0.05) is 19.1 Å². The minimum absolute atomic E-state index is 0.257. The molecule has 0 amide bonds. The lowest BCUT2D eigenvalue weighted by atomic mass is 10.0. The number of aromatic hydroxyl groups is 1. The summed E-state index contributed by atoms with van der Waals surface area (Å²) >= 11 is 0. The maximum absolute atomic E-state index is 11.1. The lowest BCUT2D eigenvalue weighted by molar-refractivity contribution is 0.471. The molecule has 0 saturated carbocycles. The fourth-order valence-corrected chi connectivity index (χ4v) is 2.48. The predicted octanol–water partition coefficient (Wildman–Crippen LogP) is 1.94. The molecule has 0 aromatic heterocycles. The summed E-state index contributed by atoms with van der Waals surface area (Å²) in [5.41, 5.74) is 7.22. The molecule has 5 nitrogen and oxygen atoms in total. The van der Waals surface area contributed by atoms with E-state index in [-0.39, 0.29) is 10.6 Å². The summed E-state index contributed by atoms with van der Waals surface area (Å²) in [6.07, 6.45) is 0.710. The van der Waals surface area contributed by atoms with Gasteiger partial charge in [0.2, 0.25) is 0 Å². The Morgan fingerprint density at radius 3 is 2.50 bits per heavy atom. The van der Waals surface area contributed by atoms with E-state index in [9.17, 15) is 13.5 Å². The molecule has 2 rings (SSSR count). The first-order chi connectivity index (χ1) is 8.34.